The number of fused-ring (bicyclic) bond motifs is 1. The number of rotatable bonds is 4. The molecule has 0 aromatic heterocycles. The highest BCUT2D eigenvalue weighted by atomic mass is 35.5. The van der Waals surface area contributed by atoms with Gasteiger partial charge in [-0.2, -0.15) is 0 Å². The first-order valence-electron chi connectivity index (χ1n) is 9.27. The van der Waals surface area contributed by atoms with Gasteiger partial charge in [-0.3, -0.25) is 4.99 Å². The highest BCUT2D eigenvalue weighted by Gasteiger charge is 2.42. The number of esters is 1. The third-order valence-corrected chi connectivity index (χ3v) is 5.79. The predicted octanol–water partition coefficient (Wildman–Crippen LogP) is 5.19. The predicted molar refractivity (Wildman–Crippen MR) is 119 cm³/mol. The zero-order valence-corrected chi connectivity index (χ0v) is 18.3. The molecule has 1 unspecified atom stereocenters. The molecule has 1 aliphatic rings. The molecule has 3 rings (SSSR count). The Morgan fingerprint density at radius 1 is 1.28 bits per heavy atom. The minimum atomic E-state index is -1.11. The van der Waals surface area contributed by atoms with Crippen molar-refractivity contribution in [1.29, 1.82) is 0 Å². The summed E-state index contributed by atoms with van der Waals surface area (Å²) in [6.45, 7) is 5.42. The summed E-state index contributed by atoms with van der Waals surface area (Å²) in [5, 5.41) is 0.503. The largest absolute Gasteiger partial charge is 0.467 e. The van der Waals surface area contributed by atoms with E-state index in [-0.39, 0.29) is 0 Å². The second-order valence-electron chi connectivity index (χ2n) is 7.27. The maximum absolute atomic E-state index is 14.3. The second kappa shape index (κ2) is 8.20. The second-order valence-corrected chi connectivity index (χ2v) is 8.09. The van der Waals surface area contributed by atoms with Crippen molar-refractivity contribution in [2.45, 2.75) is 38.8 Å². The Balaban J connectivity index is 2.34. The van der Waals surface area contributed by atoms with Gasteiger partial charge in [0.25, 0.3) is 0 Å². The number of methoxy groups -OCH3 is 1. The maximum atomic E-state index is 14.3. The molecule has 0 N–H and O–H groups in total. The summed E-state index contributed by atoms with van der Waals surface area (Å²) in [6.07, 6.45) is 0.608. The number of carbonyl (C=O) groups is 1. The number of nitrogens with zero attached hydrogens (tertiary/aromatic N) is 2. The summed E-state index contributed by atoms with van der Waals surface area (Å²) in [7, 11) is 1.33. The number of thiocarbonyl (C=S) groups is 1. The van der Waals surface area contributed by atoms with E-state index < -0.39 is 23.4 Å². The highest BCUT2D eigenvalue weighted by Crippen LogP contribution is 2.36. The molecule has 2 aromatic rings. The van der Waals surface area contributed by atoms with Crippen LogP contribution in [0, 0.1) is 5.82 Å². The first-order chi connectivity index (χ1) is 13.7. The lowest BCUT2D eigenvalue weighted by Crippen LogP contribution is -2.55. The highest BCUT2D eigenvalue weighted by molar-refractivity contribution is 7.80. The van der Waals surface area contributed by atoms with Crippen LogP contribution in [0.1, 0.15) is 38.3 Å². The lowest BCUT2D eigenvalue weighted by atomic mass is 9.96. The number of carbonyl (C=O) groups excluding carboxylic acids is 1. The van der Waals surface area contributed by atoms with Crippen molar-refractivity contribution in [2.75, 3.05) is 12.0 Å². The van der Waals surface area contributed by atoms with Crippen LogP contribution in [0.5, 0.6) is 0 Å². The molecule has 152 valence electrons. The van der Waals surface area contributed by atoms with Crippen molar-refractivity contribution in [3.8, 4) is 0 Å². The van der Waals surface area contributed by atoms with Crippen LogP contribution in [0.4, 0.5) is 10.1 Å². The normalized spacial score (nSPS) is 16.8. The van der Waals surface area contributed by atoms with Crippen molar-refractivity contribution in [3.63, 3.8) is 0 Å². The number of benzodiazepines with no additional fused rings is 1. The standard InChI is InChI=1S/C22H22ClFN2O2S/c1-5-17-20(29)26(22(2,3)21(27)28-4)18-11-10-13(24)12-15(18)19(25-17)14-8-6-7-9-16(14)23/h6-12,17H,5H2,1-4H3. The molecule has 0 saturated heterocycles. The van der Waals surface area contributed by atoms with Crippen molar-refractivity contribution in [3.05, 3.63) is 64.4 Å². The van der Waals surface area contributed by atoms with Crippen LogP contribution in [-0.4, -0.2) is 35.4 Å². The zero-order chi connectivity index (χ0) is 21.3. The van der Waals surface area contributed by atoms with Gasteiger partial charge in [-0.25, -0.2) is 9.18 Å². The number of hydrogen-bond acceptors (Lipinski definition) is 4. The molecule has 7 heteroatoms. The summed E-state index contributed by atoms with van der Waals surface area (Å²) in [5.41, 5.74) is 1.22. The quantitative estimate of drug-likeness (QED) is 0.492. The average molecular weight is 433 g/mol. The van der Waals surface area contributed by atoms with E-state index >= 15 is 0 Å². The average Bonchev–Trinajstić information content (AvgIpc) is 2.81. The summed E-state index contributed by atoms with van der Waals surface area (Å²) >= 11 is 12.2. The first-order valence-corrected chi connectivity index (χ1v) is 10.1. The number of aliphatic imine (C=N–C) groups is 1. The third kappa shape index (κ3) is 3.79. The van der Waals surface area contributed by atoms with Crippen molar-refractivity contribution in [1.82, 2.24) is 0 Å². The van der Waals surface area contributed by atoms with E-state index in [0.717, 1.165) is 0 Å². The zero-order valence-electron chi connectivity index (χ0n) is 16.7. The van der Waals surface area contributed by atoms with E-state index in [4.69, 9.17) is 33.5 Å². The van der Waals surface area contributed by atoms with E-state index in [1.807, 2.05) is 25.1 Å². The third-order valence-electron chi connectivity index (χ3n) is 5.00. The Bertz CT molecular complexity index is 1010. The topological polar surface area (TPSA) is 41.9 Å². The fourth-order valence-electron chi connectivity index (χ4n) is 3.49. The van der Waals surface area contributed by atoms with Gasteiger partial charge in [-0.05, 0) is 44.5 Å². The first kappa shape index (κ1) is 21.4. The van der Waals surface area contributed by atoms with Crippen LogP contribution in [0.15, 0.2) is 47.5 Å². The van der Waals surface area contributed by atoms with Crippen LogP contribution < -0.4 is 4.90 Å². The molecule has 0 spiro atoms. The number of ether oxygens (including phenoxy) is 1. The Kier molecular flexibility index (Phi) is 6.05. The lowest BCUT2D eigenvalue weighted by Gasteiger charge is -2.39. The molecule has 29 heavy (non-hydrogen) atoms. The van der Waals surface area contributed by atoms with E-state index in [1.165, 1.54) is 19.2 Å². The molecule has 0 amide bonds. The smallest absolute Gasteiger partial charge is 0.331 e. The fraction of sp³-hybridized carbons (Fsp3) is 0.318. The van der Waals surface area contributed by atoms with Crippen molar-refractivity contribution >= 4 is 46.2 Å². The Morgan fingerprint density at radius 2 is 1.97 bits per heavy atom. The van der Waals surface area contributed by atoms with Gasteiger partial charge in [-0.1, -0.05) is 48.9 Å². The molecule has 0 aliphatic carbocycles. The molecule has 0 radical (unpaired) electrons. The summed E-state index contributed by atoms with van der Waals surface area (Å²) < 4.78 is 19.3. The van der Waals surface area contributed by atoms with Gasteiger partial charge < -0.3 is 9.64 Å². The van der Waals surface area contributed by atoms with E-state index in [2.05, 4.69) is 0 Å². The van der Waals surface area contributed by atoms with Crippen molar-refractivity contribution < 1.29 is 13.9 Å². The van der Waals surface area contributed by atoms with Crippen LogP contribution in [0.25, 0.3) is 0 Å². The number of benzene rings is 2. The van der Waals surface area contributed by atoms with Gasteiger partial charge in [0.05, 0.1) is 18.5 Å². The molecule has 0 fully saturated rings. The van der Waals surface area contributed by atoms with Gasteiger partial charge >= 0.3 is 5.97 Å². The van der Waals surface area contributed by atoms with Crippen LogP contribution in [0.3, 0.4) is 0 Å². The molecule has 0 saturated carbocycles. The van der Waals surface area contributed by atoms with E-state index in [9.17, 15) is 9.18 Å². The SMILES string of the molecule is CCC1N=C(c2ccccc2Cl)c2cc(F)ccc2N(C(C)(C)C(=O)OC)C1=S. The molecule has 1 atom stereocenters. The monoisotopic (exact) mass is 432 g/mol. The van der Waals surface area contributed by atoms with E-state index in [0.29, 0.717) is 39.0 Å². The number of anilines is 1. The summed E-state index contributed by atoms with van der Waals surface area (Å²) in [4.78, 5) is 19.7. The van der Waals surface area contributed by atoms with Gasteiger partial charge in [-0.15, -0.1) is 0 Å². The molecule has 1 heterocycles. The number of halogens is 2. The molecular weight excluding hydrogens is 411 g/mol. The maximum Gasteiger partial charge on any atom is 0.331 e. The molecule has 4 nitrogen and oxygen atoms in total. The molecular formula is C22H22ClFN2O2S. The Labute approximate surface area is 180 Å². The molecule has 1 aliphatic heterocycles. The lowest BCUT2D eigenvalue weighted by molar-refractivity contribution is -0.145. The Morgan fingerprint density at radius 3 is 2.59 bits per heavy atom. The number of hydrogen-bond donors (Lipinski definition) is 0. The van der Waals surface area contributed by atoms with Gasteiger partial charge in [0.1, 0.15) is 22.4 Å². The summed E-state index contributed by atoms with van der Waals surface area (Å²) in [6, 6.07) is 11.2. The minimum absolute atomic E-state index is 0.393. The minimum Gasteiger partial charge on any atom is -0.467 e. The van der Waals surface area contributed by atoms with Crippen LogP contribution in [0.2, 0.25) is 5.02 Å². The van der Waals surface area contributed by atoms with Gasteiger partial charge in [0, 0.05) is 16.1 Å². The molecule has 0 bridgehead atoms. The van der Waals surface area contributed by atoms with Gasteiger partial charge in [0.15, 0.2) is 0 Å². The molecule has 2 aromatic carbocycles. The van der Waals surface area contributed by atoms with Crippen LogP contribution >= 0.6 is 23.8 Å². The van der Waals surface area contributed by atoms with Gasteiger partial charge in [0.2, 0.25) is 0 Å². The Hall–Kier alpha value is -2.31. The van der Waals surface area contributed by atoms with Crippen molar-refractivity contribution in [2.24, 2.45) is 4.99 Å². The van der Waals surface area contributed by atoms with Crippen LogP contribution in [-0.2, 0) is 9.53 Å². The van der Waals surface area contributed by atoms with E-state index in [1.54, 1.807) is 30.9 Å². The summed E-state index contributed by atoms with van der Waals surface area (Å²) in [5.74, 6) is -0.869. The fourth-order valence-corrected chi connectivity index (χ4v) is 4.26.